The highest BCUT2D eigenvalue weighted by Crippen LogP contribution is 2.52. The lowest BCUT2D eigenvalue weighted by atomic mass is 9.92. The predicted octanol–water partition coefficient (Wildman–Crippen LogP) is 13.2. The summed E-state index contributed by atoms with van der Waals surface area (Å²) in [6, 6.07) is 18.1. The van der Waals surface area contributed by atoms with Gasteiger partial charge in [0.15, 0.2) is 5.58 Å². The van der Waals surface area contributed by atoms with Crippen molar-refractivity contribution in [2.75, 3.05) is 0 Å². The summed E-state index contributed by atoms with van der Waals surface area (Å²) in [5.41, 5.74) is 15.2. The lowest BCUT2D eigenvalue weighted by Crippen LogP contribution is -2.08. The molecule has 0 spiro atoms. The van der Waals surface area contributed by atoms with E-state index >= 15 is 0 Å². The van der Waals surface area contributed by atoms with Gasteiger partial charge in [-0.15, -0.1) is 0 Å². The molecule has 1 aliphatic carbocycles. The molecule has 0 bridgehead atoms. The van der Waals surface area contributed by atoms with Crippen molar-refractivity contribution in [3.63, 3.8) is 0 Å². The number of hydrogen-bond donors (Lipinski definition) is 0. The van der Waals surface area contributed by atoms with Crippen LogP contribution >= 0.6 is 0 Å². The fraction of sp³-hybridized carbons (Fsp3) is 0.213. The highest BCUT2D eigenvalue weighted by molar-refractivity contribution is 6.28. The molecule has 0 amide bonds. The van der Waals surface area contributed by atoms with E-state index in [1.165, 1.54) is 38.5 Å². The van der Waals surface area contributed by atoms with E-state index in [-0.39, 0.29) is 0 Å². The van der Waals surface area contributed by atoms with Crippen LogP contribution in [0.25, 0.3) is 66.8 Å². The number of nitrogens with zero attached hydrogens (tertiary/aromatic N) is 3. The van der Waals surface area contributed by atoms with Gasteiger partial charge in [-0.3, -0.25) is 9.13 Å². The SMILES string of the molecule is C=C/C=C(\C=C/C)n1c2c(C)c(C)c(C)c(C)c2c2c3c(C)c(Oc4ccccc4)c(C)c(-c4nc5ccccc5o4)c3n(C3=CC(C)CC=C3)c21. The zero-order chi connectivity index (χ0) is 36.4. The molecule has 3 heterocycles. The summed E-state index contributed by atoms with van der Waals surface area (Å²) < 4.78 is 18.5. The molecule has 8 rings (SSSR count). The highest BCUT2D eigenvalue weighted by atomic mass is 16.5. The van der Waals surface area contributed by atoms with Gasteiger partial charge in [-0.05, 0) is 126 Å². The van der Waals surface area contributed by atoms with Crippen LogP contribution in [0.4, 0.5) is 0 Å². The van der Waals surface area contributed by atoms with Crippen molar-refractivity contribution in [2.24, 2.45) is 5.92 Å². The minimum Gasteiger partial charge on any atom is -0.457 e. The second kappa shape index (κ2) is 12.8. The second-order valence-corrected chi connectivity index (χ2v) is 14.2. The first-order valence-corrected chi connectivity index (χ1v) is 18.2. The first kappa shape index (κ1) is 33.3. The molecule has 4 aromatic carbocycles. The summed E-state index contributed by atoms with van der Waals surface area (Å²) in [5, 5.41) is 3.56. The fourth-order valence-corrected chi connectivity index (χ4v) is 8.25. The first-order chi connectivity index (χ1) is 25.2. The topological polar surface area (TPSA) is 45.1 Å². The lowest BCUT2D eigenvalue weighted by molar-refractivity contribution is 0.476. The Morgan fingerprint density at radius 3 is 2.27 bits per heavy atom. The average Bonchev–Trinajstić information content (AvgIpc) is 3.82. The van der Waals surface area contributed by atoms with E-state index < -0.39 is 0 Å². The molecule has 0 aliphatic heterocycles. The number of ether oxygens (including phenoxy) is 1. The van der Waals surface area contributed by atoms with E-state index in [0.717, 1.165) is 73.7 Å². The van der Waals surface area contributed by atoms with Crippen LogP contribution in [0, 0.1) is 47.5 Å². The number of aryl methyl sites for hydroxylation is 3. The Kier molecular flexibility index (Phi) is 8.18. The molecule has 5 nitrogen and oxygen atoms in total. The van der Waals surface area contributed by atoms with Crippen LogP contribution in [0.2, 0.25) is 0 Å². The molecular weight excluding hydrogens is 639 g/mol. The first-order valence-electron chi connectivity index (χ1n) is 18.2. The summed E-state index contributed by atoms with van der Waals surface area (Å²) in [6.45, 7) is 21.9. The molecule has 52 heavy (non-hydrogen) atoms. The smallest absolute Gasteiger partial charge is 0.229 e. The van der Waals surface area contributed by atoms with Crippen LogP contribution in [0.15, 0.2) is 108 Å². The second-order valence-electron chi connectivity index (χ2n) is 14.2. The van der Waals surface area contributed by atoms with Crippen molar-refractivity contribution in [2.45, 2.75) is 61.8 Å². The van der Waals surface area contributed by atoms with Crippen LogP contribution < -0.4 is 4.74 Å². The molecule has 0 radical (unpaired) electrons. The van der Waals surface area contributed by atoms with E-state index in [1.807, 2.05) is 60.7 Å². The summed E-state index contributed by atoms with van der Waals surface area (Å²) >= 11 is 0. The molecule has 0 saturated carbocycles. The molecule has 260 valence electrons. The average molecular weight is 684 g/mol. The Morgan fingerprint density at radius 2 is 1.56 bits per heavy atom. The van der Waals surface area contributed by atoms with Gasteiger partial charge >= 0.3 is 0 Å². The largest absolute Gasteiger partial charge is 0.457 e. The van der Waals surface area contributed by atoms with Crippen LogP contribution in [-0.2, 0) is 0 Å². The van der Waals surface area contributed by atoms with Gasteiger partial charge in [0, 0.05) is 38.7 Å². The van der Waals surface area contributed by atoms with E-state index in [1.54, 1.807) is 0 Å². The monoisotopic (exact) mass is 683 g/mol. The Bertz CT molecular complexity index is 2690. The normalized spacial score (nSPS) is 15.2. The number of aromatic nitrogens is 3. The Balaban J connectivity index is 1.71. The molecule has 0 N–H and O–H groups in total. The fourth-order valence-electron chi connectivity index (χ4n) is 8.25. The van der Waals surface area contributed by atoms with Gasteiger partial charge in [0.25, 0.3) is 0 Å². The van der Waals surface area contributed by atoms with E-state index in [2.05, 4.69) is 108 Å². The zero-order valence-corrected chi connectivity index (χ0v) is 31.4. The van der Waals surface area contributed by atoms with Crippen molar-refractivity contribution in [3.8, 4) is 23.0 Å². The zero-order valence-electron chi connectivity index (χ0n) is 31.4. The van der Waals surface area contributed by atoms with Gasteiger partial charge in [0.05, 0.1) is 16.6 Å². The molecule has 0 saturated heterocycles. The van der Waals surface area contributed by atoms with Crippen LogP contribution in [-0.4, -0.2) is 14.1 Å². The van der Waals surface area contributed by atoms with E-state index in [0.29, 0.717) is 11.8 Å². The summed E-state index contributed by atoms with van der Waals surface area (Å²) in [5.74, 6) is 2.53. The van der Waals surface area contributed by atoms with E-state index in [4.69, 9.17) is 14.1 Å². The van der Waals surface area contributed by atoms with Gasteiger partial charge < -0.3 is 9.15 Å². The van der Waals surface area contributed by atoms with Gasteiger partial charge in [-0.1, -0.05) is 68.1 Å². The van der Waals surface area contributed by atoms with Crippen molar-refractivity contribution < 1.29 is 9.15 Å². The summed E-state index contributed by atoms with van der Waals surface area (Å²) in [7, 11) is 0. The van der Waals surface area contributed by atoms with Gasteiger partial charge in [0.1, 0.15) is 22.7 Å². The minimum absolute atomic E-state index is 0.368. The molecule has 5 heteroatoms. The van der Waals surface area contributed by atoms with Gasteiger partial charge in [-0.2, -0.15) is 0 Å². The highest BCUT2D eigenvalue weighted by Gasteiger charge is 2.33. The third kappa shape index (κ3) is 4.94. The Labute approximate surface area is 305 Å². The standard InChI is InChI=1S/C47H45N3O2/c1-10-18-34(19-11-2)49-43-31(7)29(5)28(4)30(6)39(43)42-40-32(8)45(51-36-22-13-12-14-23-36)33(9)41(46-48-37-24-15-16-25-38(37)52-46)44(40)50(47(42)49)35-21-17-20-27(3)26-35/h10-19,21-27H,1,20H2,2-9H3/b19-11-,34-18+. The molecule has 7 aromatic rings. The maximum atomic E-state index is 6.90. The van der Waals surface area contributed by atoms with Gasteiger partial charge in [-0.25, -0.2) is 4.98 Å². The predicted molar refractivity (Wildman–Crippen MR) is 219 cm³/mol. The Morgan fingerprint density at radius 1 is 0.846 bits per heavy atom. The van der Waals surface area contributed by atoms with Crippen LogP contribution in [0.3, 0.4) is 0 Å². The van der Waals surface area contributed by atoms with Crippen LogP contribution in [0.5, 0.6) is 11.5 Å². The van der Waals surface area contributed by atoms with Crippen molar-refractivity contribution in [1.29, 1.82) is 0 Å². The van der Waals surface area contributed by atoms with Crippen molar-refractivity contribution in [3.05, 3.63) is 137 Å². The number of fused-ring (bicyclic) bond motifs is 6. The lowest BCUT2D eigenvalue weighted by Gasteiger charge is -2.22. The van der Waals surface area contributed by atoms with Crippen molar-refractivity contribution >= 4 is 55.3 Å². The number of benzene rings is 4. The minimum atomic E-state index is 0.368. The molecule has 1 unspecified atom stereocenters. The molecular formula is C47H45N3O2. The Hall–Kier alpha value is -5.81. The number of hydrogen-bond acceptors (Lipinski definition) is 3. The summed E-state index contributed by atoms with van der Waals surface area (Å²) in [4.78, 5) is 5.15. The molecule has 3 aromatic heterocycles. The quantitative estimate of drug-likeness (QED) is 0.157. The number of rotatable bonds is 7. The number of para-hydroxylation sites is 3. The molecule has 1 atom stereocenters. The third-order valence-electron chi connectivity index (χ3n) is 11.0. The van der Waals surface area contributed by atoms with E-state index in [9.17, 15) is 0 Å². The maximum absolute atomic E-state index is 6.90. The summed E-state index contributed by atoms with van der Waals surface area (Å²) in [6.07, 6.45) is 16.3. The molecule has 1 aliphatic rings. The number of allylic oxidation sites excluding steroid dienone is 9. The van der Waals surface area contributed by atoms with Crippen LogP contribution in [0.1, 0.15) is 53.6 Å². The molecule has 0 fully saturated rings. The van der Waals surface area contributed by atoms with Gasteiger partial charge in [0.2, 0.25) is 5.89 Å². The van der Waals surface area contributed by atoms with Crippen molar-refractivity contribution in [1.82, 2.24) is 14.1 Å². The number of oxazole rings is 1. The maximum Gasteiger partial charge on any atom is 0.229 e. The third-order valence-corrected chi connectivity index (χ3v) is 11.0.